The Hall–Kier alpha value is -1.29. The molecule has 0 saturated carbocycles. The number of ether oxygens (including phenoxy) is 2. The zero-order valence-electron chi connectivity index (χ0n) is 8.96. The van der Waals surface area contributed by atoms with E-state index in [-0.39, 0.29) is 12.6 Å². The fourth-order valence-electron chi connectivity index (χ4n) is 2.32. The highest BCUT2D eigenvalue weighted by atomic mass is 19.1. The van der Waals surface area contributed by atoms with Crippen LogP contribution in [0, 0.1) is 11.7 Å². The van der Waals surface area contributed by atoms with E-state index in [1.807, 2.05) is 0 Å². The van der Waals surface area contributed by atoms with E-state index in [4.69, 9.17) is 9.47 Å². The Kier molecular flexibility index (Phi) is 2.44. The van der Waals surface area contributed by atoms with Crippen LogP contribution in [0.15, 0.2) is 12.1 Å². The molecule has 4 heteroatoms. The lowest BCUT2D eigenvalue weighted by atomic mass is 9.98. The molecule has 0 spiro atoms. The minimum Gasteiger partial charge on any atom is -0.454 e. The monoisotopic (exact) mass is 223 g/mol. The molecule has 1 fully saturated rings. The van der Waals surface area contributed by atoms with E-state index >= 15 is 0 Å². The molecule has 1 aromatic carbocycles. The molecule has 2 aliphatic rings. The van der Waals surface area contributed by atoms with Crippen LogP contribution in [0.25, 0.3) is 0 Å². The predicted molar refractivity (Wildman–Crippen MR) is 57.2 cm³/mol. The average Bonchev–Trinajstić information content (AvgIpc) is 2.89. The van der Waals surface area contributed by atoms with Gasteiger partial charge in [-0.25, -0.2) is 4.39 Å². The molecule has 1 aromatic rings. The second kappa shape index (κ2) is 3.94. The van der Waals surface area contributed by atoms with Crippen molar-refractivity contribution in [2.24, 2.45) is 5.92 Å². The lowest BCUT2D eigenvalue weighted by Crippen LogP contribution is -2.11. The van der Waals surface area contributed by atoms with Crippen molar-refractivity contribution < 1.29 is 13.9 Å². The quantitative estimate of drug-likeness (QED) is 0.828. The highest BCUT2D eigenvalue weighted by molar-refractivity contribution is 5.45. The van der Waals surface area contributed by atoms with Crippen molar-refractivity contribution in [3.63, 3.8) is 0 Å². The van der Waals surface area contributed by atoms with Gasteiger partial charge in [0.1, 0.15) is 5.82 Å². The molecule has 2 aliphatic heterocycles. The van der Waals surface area contributed by atoms with Crippen LogP contribution >= 0.6 is 0 Å². The Morgan fingerprint density at radius 2 is 2.12 bits per heavy atom. The number of hydrogen-bond acceptors (Lipinski definition) is 3. The van der Waals surface area contributed by atoms with Gasteiger partial charge < -0.3 is 14.8 Å². The molecule has 86 valence electrons. The van der Waals surface area contributed by atoms with Gasteiger partial charge in [-0.15, -0.1) is 0 Å². The molecular weight excluding hydrogens is 209 g/mol. The number of hydrogen-bond donors (Lipinski definition) is 1. The van der Waals surface area contributed by atoms with Crippen LogP contribution in [0.5, 0.6) is 11.5 Å². The van der Waals surface area contributed by atoms with Crippen LogP contribution in [0.1, 0.15) is 12.0 Å². The molecule has 3 nitrogen and oxygen atoms in total. The summed E-state index contributed by atoms with van der Waals surface area (Å²) in [5.74, 6) is 1.54. The summed E-state index contributed by atoms with van der Waals surface area (Å²) < 4.78 is 24.1. The van der Waals surface area contributed by atoms with Gasteiger partial charge >= 0.3 is 0 Å². The highest BCUT2D eigenvalue weighted by Gasteiger charge is 2.21. The maximum absolute atomic E-state index is 13.7. The maximum Gasteiger partial charge on any atom is 0.231 e. The van der Waals surface area contributed by atoms with E-state index in [0.29, 0.717) is 17.4 Å². The third-order valence-electron chi connectivity index (χ3n) is 3.21. The van der Waals surface area contributed by atoms with E-state index in [2.05, 4.69) is 5.32 Å². The van der Waals surface area contributed by atoms with E-state index in [1.54, 1.807) is 6.07 Å². The normalized spacial score (nSPS) is 22.7. The molecular formula is C12H14FNO2. The highest BCUT2D eigenvalue weighted by Crippen LogP contribution is 2.35. The zero-order valence-corrected chi connectivity index (χ0v) is 8.96. The van der Waals surface area contributed by atoms with Crippen LogP contribution in [0.4, 0.5) is 4.39 Å². The van der Waals surface area contributed by atoms with Crippen molar-refractivity contribution in [3.8, 4) is 11.5 Å². The van der Waals surface area contributed by atoms with Gasteiger partial charge in [-0.2, -0.15) is 0 Å². The fourth-order valence-corrected chi connectivity index (χ4v) is 2.32. The Morgan fingerprint density at radius 1 is 1.31 bits per heavy atom. The molecule has 0 bridgehead atoms. The molecule has 1 saturated heterocycles. The van der Waals surface area contributed by atoms with Crippen molar-refractivity contribution in [1.82, 2.24) is 5.32 Å². The van der Waals surface area contributed by atoms with Crippen molar-refractivity contribution in [1.29, 1.82) is 0 Å². The van der Waals surface area contributed by atoms with E-state index in [1.165, 1.54) is 6.07 Å². The second-order valence-corrected chi connectivity index (χ2v) is 4.36. The number of halogens is 1. The molecule has 1 N–H and O–H groups in total. The second-order valence-electron chi connectivity index (χ2n) is 4.36. The van der Waals surface area contributed by atoms with Crippen LogP contribution < -0.4 is 14.8 Å². The first-order chi connectivity index (χ1) is 7.83. The van der Waals surface area contributed by atoms with E-state index in [9.17, 15) is 4.39 Å². The Morgan fingerprint density at radius 3 is 2.88 bits per heavy atom. The van der Waals surface area contributed by atoms with Crippen molar-refractivity contribution in [2.45, 2.75) is 12.8 Å². The first kappa shape index (κ1) is 9.90. The van der Waals surface area contributed by atoms with Gasteiger partial charge in [-0.1, -0.05) is 0 Å². The zero-order chi connectivity index (χ0) is 11.0. The van der Waals surface area contributed by atoms with Crippen LogP contribution in [0.3, 0.4) is 0 Å². The summed E-state index contributed by atoms with van der Waals surface area (Å²) in [6.45, 7) is 2.22. The molecule has 0 amide bonds. The predicted octanol–water partition coefficient (Wildman–Crippen LogP) is 1.71. The van der Waals surface area contributed by atoms with E-state index < -0.39 is 0 Å². The first-order valence-corrected chi connectivity index (χ1v) is 5.61. The van der Waals surface area contributed by atoms with Crippen LogP contribution in [-0.2, 0) is 6.42 Å². The number of rotatable bonds is 2. The van der Waals surface area contributed by atoms with Gasteiger partial charge in [0.2, 0.25) is 6.79 Å². The molecule has 0 aliphatic carbocycles. The Bertz CT molecular complexity index is 402. The van der Waals surface area contributed by atoms with Crippen LogP contribution in [-0.4, -0.2) is 19.9 Å². The largest absolute Gasteiger partial charge is 0.454 e. The van der Waals surface area contributed by atoms with Gasteiger partial charge in [-0.3, -0.25) is 0 Å². The summed E-state index contributed by atoms with van der Waals surface area (Å²) >= 11 is 0. The molecule has 16 heavy (non-hydrogen) atoms. The summed E-state index contributed by atoms with van der Waals surface area (Å²) in [4.78, 5) is 0. The number of fused-ring (bicyclic) bond motifs is 1. The first-order valence-electron chi connectivity index (χ1n) is 5.61. The number of benzene rings is 1. The lowest BCUT2D eigenvalue weighted by molar-refractivity contribution is 0.174. The summed E-state index contributed by atoms with van der Waals surface area (Å²) in [5.41, 5.74) is 0.734. The molecule has 0 aromatic heterocycles. The maximum atomic E-state index is 13.7. The standard InChI is InChI=1S/C12H14FNO2/c13-10-5-12-11(15-7-16-12)4-9(10)3-8-1-2-14-6-8/h4-5,8,14H,1-3,6-7H2. The SMILES string of the molecule is Fc1cc2c(cc1CC1CCNC1)OCO2. The Labute approximate surface area is 93.6 Å². The van der Waals surface area contributed by atoms with E-state index in [0.717, 1.165) is 31.5 Å². The van der Waals surface area contributed by atoms with Crippen molar-refractivity contribution in [2.75, 3.05) is 19.9 Å². The average molecular weight is 223 g/mol. The van der Waals surface area contributed by atoms with Gasteiger partial charge in [0.05, 0.1) is 0 Å². The molecule has 1 unspecified atom stereocenters. The smallest absolute Gasteiger partial charge is 0.231 e. The van der Waals surface area contributed by atoms with Crippen LogP contribution in [0.2, 0.25) is 0 Å². The molecule has 0 radical (unpaired) electrons. The van der Waals surface area contributed by atoms with Crippen molar-refractivity contribution in [3.05, 3.63) is 23.5 Å². The molecule has 3 rings (SSSR count). The molecule has 2 heterocycles. The van der Waals surface area contributed by atoms with Gasteiger partial charge in [0.15, 0.2) is 11.5 Å². The van der Waals surface area contributed by atoms with Gasteiger partial charge in [0.25, 0.3) is 0 Å². The summed E-state index contributed by atoms with van der Waals surface area (Å²) in [6, 6.07) is 3.20. The fraction of sp³-hybridized carbons (Fsp3) is 0.500. The third kappa shape index (κ3) is 1.73. The Balaban J connectivity index is 1.83. The minimum atomic E-state index is -0.184. The summed E-state index contributed by atoms with van der Waals surface area (Å²) in [5, 5.41) is 3.29. The number of nitrogens with one attached hydrogen (secondary N) is 1. The summed E-state index contributed by atoms with van der Waals surface area (Å²) in [7, 11) is 0. The molecule has 1 atom stereocenters. The summed E-state index contributed by atoms with van der Waals surface area (Å²) in [6.07, 6.45) is 1.89. The minimum absolute atomic E-state index is 0.184. The lowest BCUT2D eigenvalue weighted by Gasteiger charge is -2.09. The van der Waals surface area contributed by atoms with Gasteiger partial charge in [0, 0.05) is 6.07 Å². The third-order valence-corrected chi connectivity index (χ3v) is 3.21. The van der Waals surface area contributed by atoms with Crippen molar-refractivity contribution >= 4 is 0 Å². The topological polar surface area (TPSA) is 30.5 Å². The van der Waals surface area contributed by atoms with Gasteiger partial charge in [-0.05, 0) is 43.5 Å².